The molecule has 1 aromatic carbocycles. The number of hydrogen-bond acceptors (Lipinski definition) is 2. The van der Waals surface area contributed by atoms with Crippen molar-refractivity contribution in [1.29, 1.82) is 0 Å². The molecule has 2 N–H and O–H groups in total. The topological polar surface area (TPSA) is 29.3 Å². The third-order valence-electron chi connectivity index (χ3n) is 3.47. The van der Waals surface area contributed by atoms with Gasteiger partial charge in [-0.15, -0.1) is 0 Å². The molecule has 1 atom stereocenters. The van der Waals surface area contributed by atoms with Crippen LogP contribution in [0.5, 0.6) is 0 Å². The Hall–Kier alpha value is -1.02. The van der Waals surface area contributed by atoms with E-state index in [1.807, 2.05) is 0 Å². The Morgan fingerprint density at radius 3 is 2.88 bits per heavy atom. The van der Waals surface area contributed by atoms with E-state index < -0.39 is 0 Å². The van der Waals surface area contributed by atoms with Crippen molar-refractivity contribution in [3.8, 4) is 0 Å². The van der Waals surface area contributed by atoms with Crippen molar-refractivity contribution >= 4 is 5.69 Å². The molecule has 1 unspecified atom stereocenters. The fourth-order valence-corrected chi connectivity index (χ4v) is 2.54. The van der Waals surface area contributed by atoms with E-state index in [0.717, 1.165) is 13.1 Å². The van der Waals surface area contributed by atoms with Gasteiger partial charge >= 0.3 is 0 Å². The number of anilines is 1. The van der Waals surface area contributed by atoms with Crippen LogP contribution in [0.15, 0.2) is 24.3 Å². The van der Waals surface area contributed by atoms with Gasteiger partial charge in [0.05, 0.1) is 0 Å². The number of nitrogens with zero attached hydrogens (tertiary/aromatic N) is 1. The SMILES string of the molecule is CCCc1ccccc1N1CCC(CN)C1. The summed E-state index contributed by atoms with van der Waals surface area (Å²) in [6.45, 7) is 5.37. The highest BCUT2D eigenvalue weighted by Gasteiger charge is 2.22. The van der Waals surface area contributed by atoms with E-state index in [1.54, 1.807) is 0 Å². The fraction of sp³-hybridized carbons (Fsp3) is 0.571. The largest absolute Gasteiger partial charge is 0.371 e. The molecule has 2 rings (SSSR count). The standard InChI is InChI=1S/C14H22N2/c1-2-5-13-6-3-4-7-14(13)16-9-8-12(10-15)11-16/h3-4,6-7,12H,2,5,8-11,15H2,1H3. The van der Waals surface area contributed by atoms with Crippen LogP contribution in [-0.2, 0) is 6.42 Å². The Morgan fingerprint density at radius 2 is 2.19 bits per heavy atom. The molecule has 1 heterocycles. The Kier molecular flexibility index (Phi) is 3.83. The van der Waals surface area contributed by atoms with Crippen LogP contribution in [0.3, 0.4) is 0 Å². The summed E-state index contributed by atoms with van der Waals surface area (Å²) >= 11 is 0. The van der Waals surface area contributed by atoms with Crippen molar-refractivity contribution in [2.75, 3.05) is 24.5 Å². The summed E-state index contributed by atoms with van der Waals surface area (Å²) in [7, 11) is 0. The first kappa shape index (κ1) is 11.5. The molecular formula is C14H22N2. The number of hydrogen-bond donors (Lipinski definition) is 1. The van der Waals surface area contributed by atoms with Crippen LogP contribution in [0, 0.1) is 5.92 Å². The van der Waals surface area contributed by atoms with Gasteiger partial charge < -0.3 is 10.6 Å². The molecule has 0 amide bonds. The highest BCUT2D eigenvalue weighted by molar-refractivity contribution is 5.54. The van der Waals surface area contributed by atoms with Crippen LogP contribution in [0.1, 0.15) is 25.3 Å². The lowest BCUT2D eigenvalue weighted by Gasteiger charge is -2.22. The number of nitrogens with two attached hydrogens (primary N) is 1. The van der Waals surface area contributed by atoms with Gasteiger partial charge in [-0.2, -0.15) is 0 Å². The fourth-order valence-electron chi connectivity index (χ4n) is 2.54. The average Bonchev–Trinajstić information content (AvgIpc) is 2.79. The van der Waals surface area contributed by atoms with Crippen LogP contribution >= 0.6 is 0 Å². The second kappa shape index (κ2) is 5.35. The highest BCUT2D eigenvalue weighted by Crippen LogP contribution is 2.27. The Bertz CT molecular complexity index is 335. The molecule has 16 heavy (non-hydrogen) atoms. The number of benzene rings is 1. The Labute approximate surface area is 98.4 Å². The Morgan fingerprint density at radius 1 is 1.38 bits per heavy atom. The minimum absolute atomic E-state index is 0.690. The number of aryl methyl sites for hydroxylation is 1. The molecule has 0 aliphatic carbocycles. The maximum absolute atomic E-state index is 5.74. The van der Waals surface area contributed by atoms with Crippen molar-refractivity contribution in [2.45, 2.75) is 26.2 Å². The molecule has 88 valence electrons. The molecule has 0 bridgehead atoms. The smallest absolute Gasteiger partial charge is 0.0398 e. The lowest BCUT2D eigenvalue weighted by atomic mass is 10.1. The average molecular weight is 218 g/mol. The van der Waals surface area contributed by atoms with Gasteiger partial charge in [-0.25, -0.2) is 0 Å². The summed E-state index contributed by atoms with van der Waals surface area (Å²) in [5, 5.41) is 0. The van der Waals surface area contributed by atoms with Crippen molar-refractivity contribution < 1.29 is 0 Å². The third kappa shape index (κ3) is 2.38. The normalized spacial score (nSPS) is 20.4. The predicted octanol–water partition coefficient (Wildman–Crippen LogP) is 2.42. The van der Waals surface area contributed by atoms with E-state index in [4.69, 9.17) is 5.73 Å². The van der Waals surface area contributed by atoms with Crippen LogP contribution in [-0.4, -0.2) is 19.6 Å². The molecule has 0 radical (unpaired) electrons. The second-order valence-corrected chi connectivity index (χ2v) is 4.72. The first-order valence-corrected chi connectivity index (χ1v) is 6.38. The zero-order valence-corrected chi connectivity index (χ0v) is 10.2. The molecule has 0 spiro atoms. The molecule has 0 saturated carbocycles. The predicted molar refractivity (Wildman–Crippen MR) is 69.8 cm³/mol. The van der Waals surface area contributed by atoms with Gasteiger partial charge in [-0.05, 0) is 36.9 Å². The van der Waals surface area contributed by atoms with Gasteiger partial charge in [0.1, 0.15) is 0 Å². The van der Waals surface area contributed by atoms with Crippen LogP contribution in [0.2, 0.25) is 0 Å². The van der Waals surface area contributed by atoms with Crippen molar-refractivity contribution in [3.63, 3.8) is 0 Å². The first-order chi connectivity index (χ1) is 7.85. The van der Waals surface area contributed by atoms with Gasteiger partial charge in [0.25, 0.3) is 0 Å². The van der Waals surface area contributed by atoms with Crippen molar-refractivity contribution in [3.05, 3.63) is 29.8 Å². The molecule has 0 aromatic heterocycles. The molecule has 2 heteroatoms. The number of rotatable bonds is 4. The third-order valence-corrected chi connectivity index (χ3v) is 3.47. The van der Waals surface area contributed by atoms with Gasteiger partial charge in [0.15, 0.2) is 0 Å². The van der Waals surface area contributed by atoms with Gasteiger partial charge in [-0.1, -0.05) is 31.5 Å². The maximum atomic E-state index is 5.74. The lowest BCUT2D eigenvalue weighted by molar-refractivity contribution is 0.602. The monoisotopic (exact) mass is 218 g/mol. The van der Waals surface area contributed by atoms with Gasteiger partial charge in [0, 0.05) is 18.8 Å². The Balaban J connectivity index is 2.14. The summed E-state index contributed by atoms with van der Waals surface area (Å²) in [5.74, 6) is 0.690. The summed E-state index contributed by atoms with van der Waals surface area (Å²) < 4.78 is 0. The van der Waals surface area contributed by atoms with E-state index in [2.05, 4.69) is 36.1 Å². The first-order valence-electron chi connectivity index (χ1n) is 6.38. The van der Waals surface area contributed by atoms with E-state index in [-0.39, 0.29) is 0 Å². The van der Waals surface area contributed by atoms with Crippen molar-refractivity contribution in [2.24, 2.45) is 11.7 Å². The van der Waals surface area contributed by atoms with Crippen LogP contribution in [0.25, 0.3) is 0 Å². The molecule has 2 nitrogen and oxygen atoms in total. The summed E-state index contributed by atoms with van der Waals surface area (Å²) in [6, 6.07) is 8.80. The molecule has 1 fully saturated rings. The summed E-state index contributed by atoms with van der Waals surface area (Å²) in [4.78, 5) is 2.50. The molecule has 1 aliphatic rings. The molecule has 1 aliphatic heterocycles. The maximum Gasteiger partial charge on any atom is 0.0398 e. The van der Waals surface area contributed by atoms with E-state index in [1.165, 1.54) is 37.1 Å². The van der Waals surface area contributed by atoms with Crippen molar-refractivity contribution in [1.82, 2.24) is 0 Å². The highest BCUT2D eigenvalue weighted by atomic mass is 15.2. The quantitative estimate of drug-likeness (QED) is 0.841. The van der Waals surface area contributed by atoms with E-state index in [9.17, 15) is 0 Å². The molecule has 1 saturated heterocycles. The minimum Gasteiger partial charge on any atom is -0.371 e. The van der Waals surface area contributed by atoms with Gasteiger partial charge in [-0.3, -0.25) is 0 Å². The molecular weight excluding hydrogens is 196 g/mol. The summed E-state index contributed by atoms with van der Waals surface area (Å²) in [6.07, 6.45) is 3.64. The second-order valence-electron chi connectivity index (χ2n) is 4.72. The number of para-hydroxylation sites is 1. The lowest BCUT2D eigenvalue weighted by Crippen LogP contribution is -2.23. The van der Waals surface area contributed by atoms with Gasteiger partial charge in [0.2, 0.25) is 0 Å². The van der Waals surface area contributed by atoms with Crippen LogP contribution < -0.4 is 10.6 Å². The molecule has 1 aromatic rings. The summed E-state index contributed by atoms with van der Waals surface area (Å²) in [5.41, 5.74) is 8.66. The zero-order chi connectivity index (χ0) is 11.4. The zero-order valence-electron chi connectivity index (χ0n) is 10.2. The van der Waals surface area contributed by atoms with Crippen LogP contribution in [0.4, 0.5) is 5.69 Å². The van der Waals surface area contributed by atoms with E-state index in [0.29, 0.717) is 5.92 Å². The van der Waals surface area contributed by atoms with E-state index >= 15 is 0 Å². The minimum atomic E-state index is 0.690.